The van der Waals surface area contributed by atoms with Gasteiger partial charge in [-0.15, -0.1) is 0 Å². The van der Waals surface area contributed by atoms with E-state index in [2.05, 4.69) is 20.5 Å². The van der Waals surface area contributed by atoms with Crippen molar-refractivity contribution in [2.24, 2.45) is 10.9 Å². The number of guanidine groups is 1. The summed E-state index contributed by atoms with van der Waals surface area (Å²) in [6.07, 6.45) is 8.17. The van der Waals surface area contributed by atoms with Gasteiger partial charge in [-0.25, -0.2) is 0 Å². The number of amides is 1. The molecule has 0 spiro atoms. The Kier molecular flexibility index (Phi) is 4.13. The number of carbonyl (C=O) groups excluding carboxylic acids is 1. The molecule has 2 N–H and O–H groups in total. The maximum atomic E-state index is 12.4. The molecule has 3 fully saturated rings. The van der Waals surface area contributed by atoms with Gasteiger partial charge in [0.15, 0.2) is 5.96 Å². The van der Waals surface area contributed by atoms with Crippen LogP contribution in [0.25, 0.3) is 0 Å². The minimum atomic E-state index is 0.303. The van der Waals surface area contributed by atoms with E-state index in [9.17, 15) is 4.79 Å². The van der Waals surface area contributed by atoms with Crippen LogP contribution in [0.4, 0.5) is 0 Å². The van der Waals surface area contributed by atoms with E-state index in [0.717, 1.165) is 38.3 Å². The third kappa shape index (κ3) is 3.25. The van der Waals surface area contributed by atoms with Crippen LogP contribution in [-0.2, 0) is 4.79 Å². The largest absolute Gasteiger partial charge is 0.354 e. The number of nitrogens with one attached hydrogen (secondary N) is 2. The highest BCUT2D eigenvalue weighted by Crippen LogP contribution is 2.27. The minimum Gasteiger partial charge on any atom is -0.354 e. The predicted octanol–water partition coefficient (Wildman–Crippen LogP) is 1.10. The number of rotatable bonds is 3. The van der Waals surface area contributed by atoms with Gasteiger partial charge in [0.05, 0.1) is 0 Å². The van der Waals surface area contributed by atoms with Gasteiger partial charge in [-0.1, -0.05) is 12.8 Å². The number of nitrogens with zero attached hydrogens (tertiary/aromatic N) is 2. The van der Waals surface area contributed by atoms with Gasteiger partial charge < -0.3 is 15.5 Å². The van der Waals surface area contributed by atoms with Crippen molar-refractivity contribution in [1.82, 2.24) is 15.5 Å². The molecule has 1 saturated heterocycles. The second-order valence-corrected chi connectivity index (χ2v) is 6.39. The quantitative estimate of drug-likeness (QED) is 0.600. The van der Waals surface area contributed by atoms with Gasteiger partial charge in [0.25, 0.3) is 0 Å². The summed E-state index contributed by atoms with van der Waals surface area (Å²) in [6, 6.07) is 0.962. The Hall–Kier alpha value is -1.26. The summed E-state index contributed by atoms with van der Waals surface area (Å²) in [6.45, 7) is 1.73. The molecule has 3 rings (SSSR count). The first-order valence-electron chi connectivity index (χ1n) is 8.05. The van der Waals surface area contributed by atoms with Crippen molar-refractivity contribution in [3.63, 3.8) is 0 Å². The van der Waals surface area contributed by atoms with Gasteiger partial charge >= 0.3 is 0 Å². The van der Waals surface area contributed by atoms with E-state index < -0.39 is 0 Å². The molecular weight excluding hydrogens is 252 g/mol. The van der Waals surface area contributed by atoms with Gasteiger partial charge in [0.1, 0.15) is 0 Å². The van der Waals surface area contributed by atoms with Crippen LogP contribution < -0.4 is 10.6 Å². The van der Waals surface area contributed by atoms with Crippen molar-refractivity contribution in [1.29, 1.82) is 0 Å². The maximum Gasteiger partial charge on any atom is 0.225 e. The molecule has 1 heterocycles. The standard InChI is InChI=1S/C15H26N4O/c1-16-15(17-12-6-7-12)18-13-8-9-19(10-13)14(20)11-4-2-3-5-11/h11-13H,2-10H2,1H3,(H2,16,17,18). The number of hydrogen-bond acceptors (Lipinski definition) is 2. The summed E-state index contributed by atoms with van der Waals surface area (Å²) >= 11 is 0. The van der Waals surface area contributed by atoms with Gasteiger partial charge in [-0.2, -0.15) is 0 Å². The number of carbonyl (C=O) groups is 1. The van der Waals surface area contributed by atoms with E-state index >= 15 is 0 Å². The molecule has 2 aliphatic carbocycles. The number of likely N-dealkylation sites (tertiary alicyclic amines) is 1. The molecule has 1 unspecified atom stereocenters. The lowest BCUT2D eigenvalue weighted by atomic mass is 10.1. The molecule has 3 aliphatic rings. The molecule has 2 saturated carbocycles. The molecule has 0 aromatic rings. The average molecular weight is 278 g/mol. The fourth-order valence-electron chi connectivity index (χ4n) is 3.29. The Morgan fingerprint density at radius 1 is 1.05 bits per heavy atom. The monoisotopic (exact) mass is 278 g/mol. The summed E-state index contributed by atoms with van der Waals surface area (Å²) in [5.41, 5.74) is 0. The zero-order valence-electron chi connectivity index (χ0n) is 12.4. The fourth-order valence-corrected chi connectivity index (χ4v) is 3.29. The summed E-state index contributed by atoms with van der Waals surface area (Å²) < 4.78 is 0. The highest BCUT2D eigenvalue weighted by Gasteiger charge is 2.33. The molecule has 5 heteroatoms. The van der Waals surface area contributed by atoms with E-state index in [1.54, 1.807) is 0 Å². The maximum absolute atomic E-state index is 12.4. The second kappa shape index (κ2) is 6.02. The molecule has 1 atom stereocenters. The number of aliphatic imine (C=N–C) groups is 1. The van der Waals surface area contributed by atoms with Crippen molar-refractivity contribution < 1.29 is 4.79 Å². The molecule has 0 aromatic heterocycles. The number of hydrogen-bond donors (Lipinski definition) is 2. The zero-order valence-corrected chi connectivity index (χ0v) is 12.4. The lowest BCUT2D eigenvalue weighted by Crippen LogP contribution is -2.46. The van der Waals surface area contributed by atoms with Crippen LogP contribution in [0, 0.1) is 5.92 Å². The molecule has 0 aromatic carbocycles. The Morgan fingerprint density at radius 2 is 1.75 bits per heavy atom. The third-order valence-electron chi connectivity index (χ3n) is 4.69. The highest BCUT2D eigenvalue weighted by molar-refractivity contribution is 5.81. The van der Waals surface area contributed by atoms with Crippen molar-refractivity contribution in [3.05, 3.63) is 0 Å². The first kappa shape index (κ1) is 13.7. The Morgan fingerprint density at radius 3 is 2.40 bits per heavy atom. The molecular formula is C15H26N4O. The van der Waals surface area contributed by atoms with Crippen LogP contribution in [0.2, 0.25) is 0 Å². The smallest absolute Gasteiger partial charge is 0.225 e. The average Bonchev–Trinajstić information content (AvgIpc) is 2.97. The van der Waals surface area contributed by atoms with Crippen LogP contribution in [0.3, 0.4) is 0 Å². The SMILES string of the molecule is CN=C(NC1CC1)NC1CCN(C(=O)C2CCCC2)C1. The van der Waals surface area contributed by atoms with Crippen molar-refractivity contribution in [2.45, 2.75) is 57.0 Å². The Bertz CT molecular complexity index is 385. The highest BCUT2D eigenvalue weighted by atomic mass is 16.2. The van der Waals surface area contributed by atoms with E-state index in [1.807, 2.05) is 7.05 Å². The van der Waals surface area contributed by atoms with Crippen LogP contribution >= 0.6 is 0 Å². The molecule has 112 valence electrons. The molecule has 5 nitrogen and oxygen atoms in total. The molecule has 1 amide bonds. The molecule has 20 heavy (non-hydrogen) atoms. The van der Waals surface area contributed by atoms with Crippen LogP contribution in [0.15, 0.2) is 4.99 Å². The summed E-state index contributed by atoms with van der Waals surface area (Å²) in [5, 5.41) is 6.86. The van der Waals surface area contributed by atoms with Gasteiger partial charge in [-0.05, 0) is 32.1 Å². The van der Waals surface area contributed by atoms with Crippen molar-refractivity contribution in [2.75, 3.05) is 20.1 Å². The van der Waals surface area contributed by atoms with E-state index in [-0.39, 0.29) is 0 Å². The Labute approximate surface area is 121 Å². The van der Waals surface area contributed by atoms with Gasteiger partial charge in [0, 0.05) is 38.1 Å². The summed E-state index contributed by atoms with van der Waals surface area (Å²) in [7, 11) is 1.81. The first-order valence-corrected chi connectivity index (χ1v) is 8.05. The lowest BCUT2D eigenvalue weighted by molar-refractivity contribution is -0.134. The van der Waals surface area contributed by atoms with Crippen molar-refractivity contribution in [3.8, 4) is 0 Å². The zero-order chi connectivity index (χ0) is 13.9. The van der Waals surface area contributed by atoms with Crippen LogP contribution in [-0.4, -0.2) is 49.0 Å². The molecule has 1 aliphatic heterocycles. The first-order chi connectivity index (χ1) is 9.76. The van der Waals surface area contributed by atoms with Gasteiger partial charge in [-0.3, -0.25) is 9.79 Å². The van der Waals surface area contributed by atoms with Crippen LogP contribution in [0.5, 0.6) is 0 Å². The van der Waals surface area contributed by atoms with Gasteiger partial charge in [0.2, 0.25) is 5.91 Å². The minimum absolute atomic E-state index is 0.303. The van der Waals surface area contributed by atoms with E-state index in [4.69, 9.17) is 0 Å². The Balaban J connectivity index is 1.47. The molecule has 0 bridgehead atoms. The third-order valence-corrected chi connectivity index (χ3v) is 4.69. The topological polar surface area (TPSA) is 56.7 Å². The lowest BCUT2D eigenvalue weighted by Gasteiger charge is -2.21. The summed E-state index contributed by atoms with van der Waals surface area (Å²) in [5.74, 6) is 1.59. The summed E-state index contributed by atoms with van der Waals surface area (Å²) in [4.78, 5) is 18.7. The van der Waals surface area contributed by atoms with Crippen molar-refractivity contribution >= 4 is 11.9 Å². The van der Waals surface area contributed by atoms with Crippen LogP contribution in [0.1, 0.15) is 44.9 Å². The second-order valence-electron chi connectivity index (χ2n) is 6.39. The molecule has 0 radical (unpaired) electrons. The normalized spacial score (nSPS) is 27.9. The predicted molar refractivity (Wildman–Crippen MR) is 79.6 cm³/mol. The fraction of sp³-hybridized carbons (Fsp3) is 0.867. The van der Waals surface area contributed by atoms with E-state index in [0.29, 0.717) is 23.9 Å². The van der Waals surface area contributed by atoms with E-state index in [1.165, 1.54) is 25.7 Å².